The van der Waals surface area contributed by atoms with Crippen LogP contribution in [0, 0.1) is 5.92 Å². The fourth-order valence-corrected chi connectivity index (χ4v) is 2.13. The minimum absolute atomic E-state index is 0.0336. The lowest BCUT2D eigenvalue weighted by Gasteiger charge is -2.27. The molecule has 4 nitrogen and oxygen atoms in total. The highest BCUT2D eigenvalue weighted by Gasteiger charge is 2.25. The van der Waals surface area contributed by atoms with Gasteiger partial charge >= 0.3 is 0 Å². The van der Waals surface area contributed by atoms with Crippen molar-refractivity contribution < 1.29 is 9.90 Å². The Bertz CT molecular complexity index is 614. The molecule has 114 valence electrons. The molecule has 1 amide bonds. The van der Waals surface area contributed by atoms with E-state index in [-0.39, 0.29) is 18.4 Å². The van der Waals surface area contributed by atoms with Gasteiger partial charge in [-0.3, -0.25) is 4.79 Å². The second kappa shape index (κ2) is 6.31. The van der Waals surface area contributed by atoms with Crippen LogP contribution in [-0.4, -0.2) is 27.7 Å². The molecular weight excluding hydrogens is 264 g/mol. The van der Waals surface area contributed by atoms with Crippen LogP contribution < -0.4 is 5.32 Å². The van der Waals surface area contributed by atoms with Gasteiger partial charge in [0.2, 0.25) is 5.91 Å². The predicted molar refractivity (Wildman–Crippen MR) is 85.0 cm³/mol. The Morgan fingerprint density at radius 2 is 2.05 bits per heavy atom. The van der Waals surface area contributed by atoms with Gasteiger partial charge in [-0.2, -0.15) is 0 Å². The Morgan fingerprint density at radius 1 is 1.33 bits per heavy atom. The summed E-state index contributed by atoms with van der Waals surface area (Å²) in [6, 6.07) is 10.2. The van der Waals surface area contributed by atoms with Gasteiger partial charge in [0.15, 0.2) is 0 Å². The molecular formula is C17H24N2O2. The Hall–Kier alpha value is -1.81. The van der Waals surface area contributed by atoms with Crippen molar-refractivity contribution in [1.82, 2.24) is 9.88 Å². The Labute approximate surface area is 125 Å². The van der Waals surface area contributed by atoms with Gasteiger partial charge in [-0.05, 0) is 30.4 Å². The van der Waals surface area contributed by atoms with E-state index in [1.165, 1.54) is 5.39 Å². The van der Waals surface area contributed by atoms with Gasteiger partial charge in [0.05, 0.1) is 5.60 Å². The van der Waals surface area contributed by atoms with Crippen LogP contribution in [0.4, 0.5) is 0 Å². The summed E-state index contributed by atoms with van der Waals surface area (Å²) in [4.78, 5) is 11.9. The molecule has 0 fully saturated rings. The van der Waals surface area contributed by atoms with Crippen molar-refractivity contribution in [3.8, 4) is 0 Å². The van der Waals surface area contributed by atoms with Crippen LogP contribution in [0.5, 0.6) is 0 Å². The molecule has 1 heterocycles. The summed E-state index contributed by atoms with van der Waals surface area (Å²) in [7, 11) is 0. The first kappa shape index (κ1) is 15.6. The van der Waals surface area contributed by atoms with E-state index in [0.717, 1.165) is 5.52 Å². The van der Waals surface area contributed by atoms with Crippen LogP contribution in [0.15, 0.2) is 36.5 Å². The zero-order valence-electron chi connectivity index (χ0n) is 13.0. The van der Waals surface area contributed by atoms with Gasteiger partial charge < -0.3 is 15.0 Å². The quantitative estimate of drug-likeness (QED) is 0.858. The van der Waals surface area contributed by atoms with Gasteiger partial charge in [-0.1, -0.05) is 32.0 Å². The third-order valence-corrected chi connectivity index (χ3v) is 4.15. The molecule has 4 heteroatoms. The maximum absolute atomic E-state index is 11.9. The molecule has 0 bridgehead atoms. The molecule has 2 rings (SSSR count). The number of para-hydroxylation sites is 1. The number of nitrogens with zero attached hydrogens (tertiary/aromatic N) is 1. The average molecular weight is 288 g/mol. The van der Waals surface area contributed by atoms with E-state index in [9.17, 15) is 9.90 Å². The fourth-order valence-electron chi connectivity index (χ4n) is 2.13. The molecule has 0 aliphatic carbocycles. The lowest BCUT2D eigenvalue weighted by molar-refractivity contribution is -0.122. The first-order valence-electron chi connectivity index (χ1n) is 7.43. The van der Waals surface area contributed by atoms with Gasteiger partial charge in [0.1, 0.15) is 0 Å². The van der Waals surface area contributed by atoms with Gasteiger partial charge in [-0.25, -0.2) is 0 Å². The summed E-state index contributed by atoms with van der Waals surface area (Å²) in [6.45, 7) is 6.56. The van der Waals surface area contributed by atoms with Crippen molar-refractivity contribution in [3.05, 3.63) is 36.5 Å². The number of hydrogen-bond donors (Lipinski definition) is 2. The van der Waals surface area contributed by atoms with Crippen LogP contribution in [0.25, 0.3) is 10.9 Å². The molecule has 2 aromatic rings. The number of carbonyl (C=O) groups excluding carboxylic acids is 1. The maximum atomic E-state index is 11.9. The Balaban J connectivity index is 1.87. The van der Waals surface area contributed by atoms with E-state index in [0.29, 0.717) is 13.0 Å². The van der Waals surface area contributed by atoms with Crippen molar-refractivity contribution >= 4 is 16.8 Å². The summed E-state index contributed by atoms with van der Waals surface area (Å²) in [5, 5.41) is 14.1. The molecule has 0 aliphatic rings. The van der Waals surface area contributed by atoms with E-state index in [2.05, 4.69) is 28.1 Å². The average Bonchev–Trinajstić information content (AvgIpc) is 2.86. The number of aliphatic hydroxyl groups is 1. The van der Waals surface area contributed by atoms with Crippen LogP contribution in [0.3, 0.4) is 0 Å². The zero-order valence-corrected chi connectivity index (χ0v) is 13.0. The lowest BCUT2D eigenvalue weighted by atomic mass is 9.92. The summed E-state index contributed by atoms with van der Waals surface area (Å²) in [5.74, 6) is 0.0694. The van der Waals surface area contributed by atoms with Crippen molar-refractivity contribution in [2.24, 2.45) is 5.92 Å². The van der Waals surface area contributed by atoms with Crippen LogP contribution in [-0.2, 0) is 11.3 Å². The minimum Gasteiger partial charge on any atom is -0.388 e. The number of hydrogen-bond acceptors (Lipinski definition) is 2. The second-order valence-electron chi connectivity index (χ2n) is 6.11. The summed E-state index contributed by atoms with van der Waals surface area (Å²) in [6.07, 6.45) is 2.41. The van der Waals surface area contributed by atoms with E-state index < -0.39 is 5.60 Å². The molecule has 0 radical (unpaired) electrons. The molecule has 0 spiro atoms. The van der Waals surface area contributed by atoms with Crippen LogP contribution in [0.2, 0.25) is 0 Å². The van der Waals surface area contributed by atoms with Gasteiger partial charge in [0.25, 0.3) is 0 Å². The predicted octanol–water partition coefficient (Wildman–Crippen LogP) is 2.55. The van der Waals surface area contributed by atoms with E-state index in [1.807, 2.05) is 32.2 Å². The molecule has 0 saturated carbocycles. The number of nitrogens with one attached hydrogen (secondary N) is 1. The van der Waals surface area contributed by atoms with E-state index in [4.69, 9.17) is 0 Å². The Morgan fingerprint density at radius 3 is 2.76 bits per heavy atom. The molecule has 1 unspecified atom stereocenters. The maximum Gasteiger partial charge on any atom is 0.221 e. The van der Waals surface area contributed by atoms with Gasteiger partial charge in [-0.15, -0.1) is 0 Å². The highest BCUT2D eigenvalue weighted by atomic mass is 16.3. The first-order valence-corrected chi connectivity index (χ1v) is 7.43. The number of benzene rings is 1. The smallest absolute Gasteiger partial charge is 0.221 e. The normalized spacial score (nSPS) is 14.3. The van der Waals surface area contributed by atoms with Gasteiger partial charge in [0, 0.05) is 31.2 Å². The molecule has 1 atom stereocenters. The number of rotatable bonds is 6. The highest BCUT2D eigenvalue weighted by Crippen LogP contribution is 2.16. The van der Waals surface area contributed by atoms with Crippen molar-refractivity contribution in [3.63, 3.8) is 0 Å². The molecule has 1 aromatic heterocycles. The molecule has 1 aromatic carbocycles. The van der Waals surface area contributed by atoms with Crippen molar-refractivity contribution in [1.29, 1.82) is 0 Å². The largest absolute Gasteiger partial charge is 0.388 e. The SMILES string of the molecule is CC(C)C(C)(O)CNC(=O)CCn1ccc2ccccc21. The van der Waals surface area contributed by atoms with Crippen LogP contribution in [0.1, 0.15) is 27.2 Å². The summed E-state index contributed by atoms with van der Waals surface area (Å²) < 4.78 is 2.08. The summed E-state index contributed by atoms with van der Waals surface area (Å²) in [5.41, 5.74) is 0.273. The summed E-state index contributed by atoms with van der Waals surface area (Å²) >= 11 is 0. The lowest BCUT2D eigenvalue weighted by Crippen LogP contribution is -2.44. The molecule has 21 heavy (non-hydrogen) atoms. The Kier molecular flexibility index (Phi) is 4.68. The number of aromatic nitrogens is 1. The zero-order chi connectivity index (χ0) is 15.5. The topological polar surface area (TPSA) is 54.3 Å². The number of carbonyl (C=O) groups is 1. The number of aryl methyl sites for hydroxylation is 1. The number of amides is 1. The fraction of sp³-hybridized carbons (Fsp3) is 0.471. The minimum atomic E-state index is -0.865. The third kappa shape index (κ3) is 3.85. The third-order valence-electron chi connectivity index (χ3n) is 4.15. The van der Waals surface area contributed by atoms with Crippen molar-refractivity contribution in [2.45, 2.75) is 39.3 Å². The second-order valence-corrected chi connectivity index (χ2v) is 6.11. The monoisotopic (exact) mass is 288 g/mol. The highest BCUT2D eigenvalue weighted by molar-refractivity contribution is 5.80. The van der Waals surface area contributed by atoms with E-state index >= 15 is 0 Å². The molecule has 0 aliphatic heterocycles. The molecule has 0 saturated heterocycles. The van der Waals surface area contributed by atoms with E-state index in [1.54, 1.807) is 6.92 Å². The number of fused-ring (bicyclic) bond motifs is 1. The first-order chi connectivity index (χ1) is 9.90. The van der Waals surface area contributed by atoms with Crippen LogP contribution >= 0.6 is 0 Å². The standard InChI is InChI=1S/C17H24N2O2/c1-13(2)17(3,21)12-18-16(20)9-11-19-10-8-14-6-4-5-7-15(14)19/h4-8,10,13,21H,9,11-12H2,1-3H3,(H,18,20). The molecule has 2 N–H and O–H groups in total. The van der Waals surface area contributed by atoms with Crippen molar-refractivity contribution in [2.75, 3.05) is 6.54 Å².